The highest BCUT2D eigenvalue weighted by molar-refractivity contribution is 7.44. The zero-order chi connectivity index (χ0) is 48.0. The molecule has 0 radical (unpaired) electrons. The number of carbonyl (C=O) groups excluding carboxylic acids is 4. The number of halogens is 2. The number of unbranched alkanes of at least 4 members (excludes halogenated alkanes) is 3. The number of nitriles is 1. The van der Waals surface area contributed by atoms with Crippen molar-refractivity contribution in [2.45, 2.75) is 156 Å². The fourth-order valence-electron chi connectivity index (χ4n) is 10.4. The lowest BCUT2D eigenvalue weighted by Gasteiger charge is -2.47. The highest BCUT2D eigenvalue weighted by atomic mass is 35.5. The van der Waals surface area contributed by atoms with Crippen molar-refractivity contribution in [2.75, 3.05) is 29.6 Å². The average Bonchev–Trinajstić information content (AvgIpc) is 3.54. The number of benzene rings is 3. The second-order valence-corrected chi connectivity index (χ2v) is 21.6. The van der Waals surface area contributed by atoms with E-state index < -0.39 is 37.1 Å². The van der Waals surface area contributed by atoms with Crippen molar-refractivity contribution in [3.05, 3.63) is 79.3 Å². The Morgan fingerprint density at radius 2 is 1.38 bits per heavy atom. The molecule has 1 spiro atoms. The summed E-state index contributed by atoms with van der Waals surface area (Å²) in [6, 6.07) is 11.3. The number of fused-ring (bicyclic) bond motifs is 10. The number of amides is 3. The molecular formula is C50H62Cl2N5O8P. The average molecular weight is 963 g/mol. The minimum Gasteiger partial charge on any atom is -0.456 e. The summed E-state index contributed by atoms with van der Waals surface area (Å²) in [4.78, 5) is 58.6. The molecule has 0 saturated carbocycles. The van der Waals surface area contributed by atoms with E-state index in [1.54, 1.807) is 23.6 Å². The Morgan fingerprint density at radius 3 is 1.89 bits per heavy atom. The van der Waals surface area contributed by atoms with Gasteiger partial charge in [0.25, 0.3) is 14.4 Å². The zero-order valence-corrected chi connectivity index (χ0v) is 42.2. The van der Waals surface area contributed by atoms with E-state index in [0.29, 0.717) is 92.3 Å². The van der Waals surface area contributed by atoms with Crippen molar-refractivity contribution in [3.8, 4) is 17.6 Å². The first-order valence-electron chi connectivity index (χ1n) is 23.1. The van der Waals surface area contributed by atoms with E-state index >= 15 is 0 Å². The summed E-state index contributed by atoms with van der Waals surface area (Å²) in [5.41, 5.74) is 1.63. The fraction of sp³-hybridized carbons (Fsp3) is 0.540. The molecule has 1 unspecified atom stereocenters. The van der Waals surface area contributed by atoms with Crippen LogP contribution in [-0.2, 0) is 41.8 Å². The summed E-state index contributed by atoms with van der Waals surface area (Å²) in [5.74, 6) is -0.534. The van der Waals surface area contributed by atoms with Crippen LogP contribution in [0, 0.1) is 11.3 Å². The van der Waals surface area contributed by atoms with Crippen LogP contribution in [0.2, 0.25) is 10.0 Å². The number of nitrogens with zero attached hydrogens (tertiary/aromatic N) is 4. The Bertz CT molecular complexity index is 2390. The van der Waals surface area contributed by atoms with E-state index in [0.717, 1.165) is 30.4 Å². The standard InChI is InChI=1S/C50H62Cl2N5O8P/c1-29(2)57(30(3)4)66(63-27-15-24-53)62-26-14-12-11-13-25-54-46(60)35-28-38(51)41-42(43(35)52)50(65-47(41)61)36-16-18-39-33(20-22-48(7,8)55(39)31(5)58)44(36)64-45-34-21-23-49(9,10)56(32(6)59)40(34)19-17-37(45)50/h16-19,28-30H,11-15,20-23,25-27H2,1-10H3,(H,54,60). The van der Waals surface area contributed by atoms with Gasteiger partial charge in [0.2, 0.25) is 11.8 Å². The van der Waals surface area contributed by atoms with Gasteiger partial charge in [0.05, 0.1) is 58.3 Å². The van der Waals surface area contributed by atoms with Gasteiger partial charge < -0.3 is 33.6 Å². The normalized spacial score (nSPS) is 17.6. The van der Waals surface area contributed by atoms with E-state index in [1.165, 1.54) is 6.07 Å². The lowest BCUT2D eigenvalue weighted by molar-refractivity contribution is -0.118. The largest absolute Gasteiger partial charge is 0.456 e. The van der Waals surface area contributed by atoms with Gasteiger partial charge >= 0.3 is 5.97 Å². The molecule has 66 heavy (non-hydrogen) atoms. The van der Waals surface area contributed by atoms with Crippen molar-refractivity contribution in [1.82, 2.24) is 9.99 Å². The molecule has 0 aromatic heterocycles. The van der Waals surface area contributed by atoms with Gasteiger partial charge in [-0.2, -0.15) is 5.26 Å². The minimum absolute atomic E-state index is 0.0195. The number of nitrogens with one attached hydrogen (secondary N) is 1. The number of anilines is 2. The molecule has 3 aromatic rings. The number of carbonyl (C=O) groups is 4. The van der Waals surface area contributed by atoms with E-state index in [2.05, 4.69) is 43.8 Å². The maximum absolute atomic E-state index is 14.3. The molecule has 4 aliphatic rings. The van der Waals surface area contributed by atoms with Crippen LogP contribution in [0.25, 0.3) is 0 Å². The summed E-state index contributed by atoms with van der Waals surface area (Å²) in [6.07, 6.45) is 5.88. The zero-order valence-electron chi connectivity index (χ0n) is 39.8. The van der Waals surface area contributed by atoms with Crippen LogP contribution in [0.1, 0.15) is 163 Å². The summed E-state index contributed by atoms with van der Waals surface area (Å²) in [6.45, 7) is 20.8. The van der Waals surface area contributed by atoms with Gasteiger partial charge in [-0.15, -0.1) is 0 Å². The van der Waals surface area contributed by atoms with Crippen LogP contribution in [-0.4, -0.2) is 71.3 Å². The Morgan fingerprint density at radius 1 is 0.848 bits per heavy atom. The molecule has 7 rings (SSSR count). The highest BCUT2D eigenvalue weighted by Gasteiger charge is 2.58. The second kappa shape index (κ2) is 19.4. The monoisotopic (exact) mass is 961 g/mol. The van der Waals surface area contributed by atoms with Crippen LogP contribution in [0.5, 0.6) is 11.5 Å². The number of rotatable bonds is 15. The Hall–Kier alpha value is -4.28. The van der Waals surface area contributed by atoms with Gasteiger partial charge in [0.1, 0.15) is 11.5 Å². The molecule has 1 N–H and O–H groups in total. The van der Waals surface area contributed by atoms with Gasteiger partial charge in [-0.25, -0.2) is 9.46 Å². The summed E-state index contributed by atoms with van der Waals surface area (Å²) in [5, 5.41) is 12.1. The molecule has 3 amide bonds. The van der Waals surface area contributed by atoms with E-state index in [1.807, 2.05) is 52.0 Å². The predicted octanol–water partition coefficient (Wildman–Crippen LogP) is 11.3. The Labute approximate surface area is 400 Å². The van der Waals surface area contributed by atoms with Gasteiger partial charge in [0.15, 0.2) is 5.60 Å². The van der Waals surface area contributed by atoms with Gasteiger partial charge in [-0.1, -0.05) is 36.0 Å². The van der Waals surface area contributed by atoms with E-state index in [9.17, 15) is 19.2 Å². The Balaban J connectivity index is 1.20. The Kier molecular flexibility index (Phi) is 14.6. The third kappa shape index (κ3) is 8.83. The summed E-state index contributed by atoms with van der Waals surface area (Å²) < 4.78 is 28.1. The van der Waals surface area contributed by atoms with Crippen LogP contribution < -0.4 is 19.9 Å². The quantitative estimate of drug-likeness (QED) is 0.0885. The van der Waals surface area contributed by atoms with Crippen molar-refractivity contribution < 1.29 is 37.7 Å². The van der Waals surface area contributed by atoms with Gasteiger partial charge in [-0.05, 0) is 124 Å². The number of hydrogen-bond donors (Lipinski definition) is 1. The molecule has 4 aliphatic heterocycles. The SMILES string of the molecule is CC(=O)N1c2ccc3c(c2CCC1(C)C)Oc1c(ccc2c1CCC(C)(C)N2C(C)=O)C31OC(=O)c2c(Cl)cc(C(=O)NCCCCCCOP(OCCC#N)N(C(C)C)C(C)C)c(Cl)c21. The lowest BCUT2D eigenvalue weighted by atomic mass is 9.73. The van der Waals surface area contributed by atoms with Gasteiger partial charge in [0, 0.05) is 71.4 Å². The summed E-state index contributed by atoms with van der Waals surface area (Å²) in [7, 11) is -1.31. The smallest absolute Gasteiger partial charge is 0.341 e. The first-order chi connectivity index (χ1) is 31.2. The molecule has 4 heterocycles. The van der Waals surface area contributed by atoms with Crippen molar-refractivity contribution in [1.29, 1.82) is 5.26 Å². The molecule has 0 bridgehead atoms. The number of hydrogen-bond acceptors (Lipinski definition) is 10. The van der Waals surface area contributed by atoms with Gasteiger partial charge in [-0.3, -0.25) is 14.4 Å². The van der Waals surface area contributed by atoms with Crippen molar-refractivity contribution in [3.63, 3.8) is 0 Å². The predicted molar refractivity (Wildman–Crippen MR) is 258 cm³/mol. The highest BCUT2D eigenvalue weighted by Crippen LogP contribution is 2.63. The van der Waals surface area contributed by atoms with E-state index in [-0.39, 0.29) is 50.6 Å². The third-order valence-corrected chi connectivity index (χ3v) is 16.0. The minimum atomic E-state index is -1.71. The molecule has 0 aliphatic carbocycles. The van der Waals surface area contributed by atoms with E-state index in [4.69, 9.17) is 47.0 Å². The molecule has 354 valence electrons. The third-order valence-electron chi connectivity index (χ3n) is 13.2. The molecule has 1 atom stereocenters. The molecule has 3 aromatic carbocycles. The maximum Gasteiger partial charge on any atom is 0.341 e. The van der Waals surface area contributed by atoms with Crippen LogP contribution >= 0.6 is 31.7 Å². The second-order valence-electron chi connectivity index (χ2n) is 19.4. The summed E-state index contributed by atoms with van der Waals surface area (Å²) >= 11 is 14.4. The van der Waals surface area contributed by atoms with Crippen LogP contribution in [0.3, 0.4) is 0 Å². The van der Waals surface area contributed by atoms with Crippen molar-refractivity contribution >= 4 is 66.8 Å². The molecule has 16 heteroatoms. The molecule has 0 fully saturated rings. The molecular weight excluding hydrogens is 900 g/mol. The van der Waals surface area contributed by atoms with Crippen LogP contribution in [0.15, 0.2) is 30.3 Å². The number of esters is 1. The van der Waals surface area contributed by atoms with Crippen molar-refractivity contribution in [2.24, 2.45) is 0 Å². The fourth-order valence-corrected chi connectivity index (χ4v) is 12.7. The first-order valence-corrected chi connectivity index (χ1v) is 25.0. The first kappa shape index (κ1) is 49.6. The maximum atomic E-state index is 14.3. The topological polar surface area (TPSA) is 151 Å². The molecule has 0 saturated heterocycles. The molecule has 13 nitrogen and oxygen atoms in total. The van der Waals surface area contributed by atoms with Crippen LogP contribution in [0.4, 0.5) is 11.4 Å². The lowest BCUT2D eigenvalue weighted by Crippen LogP contribution is -2.50. The number of ether oxygens (including phenoxy) is 2.